The number of amides is 1. The van der Waals surface area contributed by atoms with Crippen LogP contribution in [0.25, 0.3) is 5.69 Å². The smallest absolute Gasteiger partial charge is 0.255 e. The molecule has 1 aromatic heterocycles. The molecular formula is C18H17BrN4O3. The van der Waals surface area contributed by atoms with Crippen LogP contribution in [0.5, 0.6) is 11.5 Å². The summed E-state index contributed by atoms with van der Waals surface area (Å²) in [7, 11) is 1.54. The zero-order valence-electron chi connectivity index (χ0n) is 14.3. The number of carbonyl (C=O) groups excluding carboxylic acids is 1. The molecule has 0 aliphatic rings. The van der Waals surface area contributed by atoms with Gasteiger partial charge in [-0.15, -0.1) is 10.2 Å². The number of nitrogens with zero attached hydrogens (tertiary/aromatic N) is 3. The van der Waals surface area contributed by atoms with E-state index in [-0.39, 0.29) is 5.91 Å². The average molecular weight is 417 g/mol. The van der Waals surface area contributed by atoms with Crippen molar-refractivity contribution in [3.8, 4) is 17.2 Å². The SMILES string of the molecule is CCOc1c(Br)cc(C(=O)Nc2cccc(-n3cnnc3)c2)cc1OC. The first-order valence-electron chi connectivity index (χ1n) is 7.89. The lowest BCUT2D eigenvalue weighted by atomic mass is 10.1. The van der Waals surface area contributed by atoms with Gasteiger partial charge in [-0.1, -0.05) is 6.07 Å². The van der Waals surface area contributed by atoms with Gasteiger partial charge in [0.15, 0.2) is 11.5 Å². The minimum absolute atomic E-state index is 0.257. The number of anilines is 1. The van der Waals surface area contributed by atoms with E-state index in [1.54, 1.807) is 29.4 Å². The topological polar surface area (TPSA) is 78.3 Å². The van der Waals surface area contributed by atoms with Crippen LogP contribution in [0.4, 0.5) is 5.69 Å². The van der Waals surface area contributed by atoms with E-state index >= 15 is 0 Å². The Labute approximate surface area is 159 Å². The number of rotatable bonds is 6. The molecule has 0 aliphatic heterocycles. The fourth-order valence-corrected chi connectivity index (χ4v) is 2.97. The fourth-order valence-electron chi connectivity index (χ4n) is 2.42. The van der Waals surface area contributed by atoms with Gasteiger partial charge in [0.05, 0.1) is 23.9 Å². The molecule has 134 valence electrons. The summed E-state index contributed by atoms with van der Waals surface area (Å²) in [6.07, 6.45) is 3.19. The highest BCUT2D eigenvalue weighted by Crippen LogP contribution is 2.36. The van der Waals surface area contributed by atoms with Crippen LogP contribution in [-0.2, 0) is 0 Å². The van der Waals surface area contributed by atoms with Crippen molar-refractivity contribution < 1.29 is 14.3 Å². The molecule has 2 aromatic carbocycles. The summed E-state index contributed by atoms with van der Waals surface area (Å²) in [6, 6.07) is 10.7. The maximum atomic E-state index is 12.6. The van der Waals surface area contributed by atoms with Crippen molar-refractivity contribution >= 4 is 27.5 Å². The zero-order valence-corrected chi connectivity index (χ0v) is 15.9. The summed E-state index contributed by atoms with van der Waals surface area (Å²) in [6.45, 7) is 2.38. The van der Waals surface area contributed by atoms with Gasteiger partial charge in [0.2, 0.25) is 0 Å². The Morgan fingerprint density at radius 1 is 1.23 bits per heavy atom. The number of carbonyl (C=O) groups is 1. The quantitative estimate of drug-likeness (QED) is 0.662. The highest BCUT2D eigenvalue weighted by Gasteiger charge is 2.15. The highest BCUT2D eigenvalue weighted by molar-refractivity contribution is 9.10. The van der Waals surface area contributed by atoms with Crippen molar-refractivity contribution in [2.24, 2.45) is 0 Å². The van der Waals surface area contributed by atoms with Crippen LogP contribution in [-0.4, -0.2) is 34.4 Å². The van der Waals surface area contributed by atoms with Crippen molar-refractivity contribution in [1.29, 1.82) is 0 Å². The molecule has 1 N–H and O–H groups in total. The van der Waals surface area contributed by atoms with E-state index in [1.165, 1.54) is 7.11 Å². The van der Waals surface area contributed by atoms with E-state index in [4.69, 9.17) is 9.47 Å². The first-order valence-corrected chi connectivity index (χ1v) is 8.68. The van der Waals surface area contributed by atoms with Crippen molar-refractivity contribution in [3.63, 3.8) is 0 Å². The summed E-state index contributed by atoms with van der Waals surface area (Å²) >= 11 is 3.43. The summed E-state index contributed by atoms with van der Waals surface area (Å²) < 4.78 is 13.3. The van der Waals surface area contributed by atoms with Gasteiger partial charge in [-0.05, 0) is 53.2 Å². The Hall–Kier alpha value is -2.87. The van der Waals surface area contributed by atoms with E-state index in [0.29, 0.717) is 33.8 Å². The third-order valence-corrected chi connectivity index (χ3v) is 4.19. The van der Waals surface area contributed by atoms with Crippen LogP contribution in [0, 0.1) is 0 Å². The number of ether oxygens (including phenoxy) is 2. The third kappa shape index (κ3) is 3.85. The predicted molar refractivity (Wildman–Crippen MR) is 101 cm³/mol. The molecule has 0 spiro atoms. The maximum absolute atomic E-state index is 12.6. The van der Waals surface area contributed by atoms with Crippen molar-refractivity contribution in [3.05, 3.63) is 59.1 Å². The lowest BCUT2D eigenvalue weighted by Crippen LogP contribution is -2.12. The average Bonchev–Trinajstić information content (AvgIpc) is 3.18. The largest absolute Gasteiger partial charge is 0.493 e. The van der Waals surface area contributed by atoms with Crippen LogP contribution in [0.1, 0.15) is 17.3 Å². The first kappa shape index (κ1) is 17.9. The number of methoxy groups -OCH3 is 1. The number of hydrogen-bond donors (Lipinski definition) is 1. The van der Waals surface area contributed by atoms with E-state index < -0.39 is 0 Å². The third-order valence-electron chi connectivity index (χ3n) is 3.60. The Balaban J connectivity index is 1.84. The summed E-state index contributed by atoms with van der Waals surface area (Å²) in [4.78, 5) is 12.6. The van der Waals surface area contributed by atoms with Gasteiger partial charge in [0.1, 0.15) is 12.7 Å². The second-order valence-corrected chi connectivity index (χ2v) is 6.15. The van der Waals surface area contributed by atoms with Crippen LogP contribution < -0.4 is 14.8 Å². The van der Waals surface area contributed by atoms with Gasteiger partial charge in [-0.25, -0.2) is 0 Å². The Morgan fingerprint density at radius 3 is 2.69 bits per heavy atom. The second-order valence-electron chi connectivity index (χ2n) is 5.30. The Kier molecular flexibility index (Phi) is 5.52. The van der Waals surface area contributed by atoms with Gasteiger partial charge >= 0.3 is 0 Å². The van der Waals surface area contributed by atoms with Gasteiger partial charge in [0, 0.05) is 11.3 Å². The first-order chi connectivity index (χ1) is 12.6. The van der Waals surface area contributed by atoms with Crippen LogP contribution in [0.15, 0.2) is 53.5 Å². The Bertz CT molecular complexity index is 913. The highest BCUT2D eigenvalue weighted by atomic mass is 79.9. The van der Waals surface area contributed by atoms with Gasteiger partial charge in [-0.2, -0.15) is 0 Å². The van der Waals surface area contributed by atoms with E-state index in [1.807, 2.05) is 31.2 Å². The van der Waals surface area contributed by atoms with Crippen LogP contribution in [0.3, 0.4) is 0 Å². The van der Waals surface area contributed by atoms with Crippen LogP contribution >= 0.6 is 15.9 Å². The lowest BCUT2D eigenvalue weighted by Gasteiger charge is -2.13. The van der Waals surface area contributed by atoms with E-state index in [2.05, 4.69) is 31.4 Å². The standard InChI is InChI=1S/C18H17BrN4O3/c1-3-26-17-15(19)7-12(8-16(17)25-2)18(24)22-13-5-4-6-14(9-13)23-10-20-21-11-23/h4-11H,3H2,1-2H3,(H,22,24). The number of benzene rings is 2. The predicted octanol–water partition coefficient (Wildman–Crippen LogP) is 3.69. The van der Waals surface area contributed by atoms with E-state index in [9.17, 15) is 4.79 Å². The molecule has 0 fully saturated rings. The summed E-state index contributed by atoms with van der Waals surface area (Å²) in [5.41, 5.74) is 1.95. The zero-order chi connectivity index (χ0) is 18.5. The minimum Gasteiger partial charge on any atom is -0.493 e. The molecule has 0 atom stereocenters. The van der Waals surface area contributed by atoms with E-state index in [0.717, 1.165) is 5.69 Å². The fraction of sp³-hybridized carbons (Fsp3) is 0.167. The molecule has 26 heavy (non-hydrogen) atoms. The molecule has 0 saturated carbocycles. The van der Waals surface area contributed by atoms with Crippen molar-refractivity contribution in [1.82, 2.24) is 14.8 Å². The molecular weight excluding hydrogens is 400 g/mol. The summed E-state index contributed by atoms with van der Waals surface area (Å²) in [5, 5.41) is 10.4. The molecule has 1 heterocycles. The monoisotopic (exact) mass is 416 g/mol. The molecule has 0 bridgehead atoms. The summed E-state index contributed by atoms with van der Waals surface area (Å²) in [5.74, 6) is 0.804. The second kappa shape index (κ2) is 8.01. The molecule has 3 rings (SSSR count). The van der Waals surface area contributed by atoms with Crippen molar-refractivity contribution in [2.45, 2.75) is 6.92 Å². The van der Waals surface area contributed by atoms with Gasteiger partial charge in [0.25, 0.3) is 5.91 Å². The lowest BCUT2D eigenvalue weighted by molar-refractivity contribution is 0.102. The molecule has 0 radical (unpaired) electrons. The molecule has 0 aliphatic carbocycles. The van der Waals surface area contributed by atoms with Crippen molar-refractivity contribution in [2.75, 3.05) is 19.0 Å². The molecule has 1 amide bonds. The number of halogens is 1. The number of aromatic nitrogens is 3. The molecule has 0 saturated heterocycles. The number of nitrogens with one attached hydrogen (secondary N) is 1. The minimum atomic E-state index is -0.257. The molecule has 0 unspecified atom stereocenters. The molecule has 3 aromatic rings. The Morgan fingerprint density at radius 2 is 2.00 bits per heavy atom. The molecule has 8 heteroatoms. The van der Waals surface area contributed by atoms with Crippen LogP contribution in [0.2, 0.25) is 0 Å². The normalized spacial score (nSPS) is 10.4. The molecule has 7 nitrogen and oxygen atoms in total. The van der Waals surface area contributed by atoms with Gasteiger partial charge in [-0.3, -0.25) is 9.36 Å². The number of hydrogen-bond acceptors (Lipinski definition) is 5. The van der Waals surface area contributed by atoms with Gasteiger partial charge < -0.3 is 14.8 Å². The maximum Gasteiger partial charge on any atom is 0.255 e.